The van der Waals surface area contributed by atoms with Crippen molar-refractivity contribution < 1.29 is 17.5 Å². The molecule has 19 heavy (non-hydrogen) atoms. The normalized spacial score (nSPS) is 13.7. The molecule has 1 unspecified atom stereocenters. The molecule has 0 bridgehead atoms. The van der Waals surface area contributed by atoms with Crippen LogP contribution >= 0.6 is 0 Å². The lowest BCUT2D eigenvalue weighted by atomic mass is 10.1. The Kier molecular flexibility index (Phi) is 5.90. The average molecular weight is 289 g/mol. The van der Waals surface area contributed by atoms with Gasteiger partial charge in [-0.2, -0.15) is 0 Å². The van der Waals surface area contributed by atoms with Gasteiger partial charge in [-0.3, -0.25) is 0 Å². The van der Waals surface area contributed by atoms with Crippen molar-refractivity contribution in [2.75, 3.05) is 13.2 Å². The highest BCUT2D eigenvalue weighted by atomic mass is 32.2. The Labute approximate surface area is 114 Å². The summed E-state index contributed by atoms with van der Waals surface area (Å²) in [5, 5.41) is 0. The van der Waals surface area contributed by atoms with E-state index in [4.69, 9.17) is 4.74 Å². The minimum Gasteiger partial charge on any atom is -0.380 e. The van der Waals surface area contributed by atoms with Crippen LogP contribution in [-0.4, -0.2) is 27.7 Å². The fourth-order valence-corrected chi connectivity index (χ4v) is 2.91. The Morgan fingerprint density at radius 1 is 1.37 bits per heavy atom. The molecule has 1 N–H and O–H groups in total. The van der Waals surface area contributed by atoms with Crippen molar-refractivity contribution in [3.63, 3.8) is 0 Å². The average Bonchev–Trinajstić information content (AvgIpc) is 2.34. The maximum atomic E-state index is 13.1. The molecule has 1 aromatic carbocycles. The largest absolute Gasteiger partial charge is 0.380 e. The van der Waals surface area contributed by atoms with Crippen LogP contribution in [0.1, 0.15) is 20.8 Å². The van der Waals surface area contributed by atoms with Gasteiger partial charge in [0.2, 0.25) is 10.0 Å². The van der Waals surface area contributed by atoms with Crippen molar-refractivity contribution in [3.8, 4) is 0 Å². The van der Waals surface area contributed by atoms with Gasteiger partial charge in [-0.25, -0.2) is 17.5 Å². The number of nitrogens with one attached hydrogen (secondary N) is 1. The van der Waals surface area contributed by atoms with Gasteiger partial charge in [0.15, 0.2) is 0 Å². The first-order valence-corrected chi connectivity index (χ1v) is 7.70. The molecule has 0 saturated heterocycles. The SMILES string of the molecule is CCOCC(NS(=O)(=O)c1cccc(F)c1)C(C)C. The van der Waals surface area contributed by atoms with E-state index in [1.165, 1.54) is 18.2 Å². The molecule has 1 atom stereocenters. The van der Waals surface area contributed by atoms with E-state index in [-0.39, 0.29) is 16.9 Å². The number of sulfonamides is 1. The summed E-state index contributed by atoms with van der Waals surface area (Å²) in [5.74, 6) is -0.497. The summed E-state index contributed by atoms with van der Waals surface area (Å²) in [6.07, 6.45) is 0. The van der Waals surface area contributed by atoms with Crippen LogP contribution in [0.3, 0.4) is 0 Å². The Hall–Kier alpha value is -0.980. The molecule has 0 amide bonds. The molecular weight excluding hydrogens is 269 g/mol. The summed E-state index contributed by atoms with van der Waals surface area (Å²) < 4.78 is 45.2. The molecule has 6 heteroatoms. The third-order valence-electron chi connectivity index (χ3n) is 2.72. The monoisotopic (exact) mass is 289 g/mol. The number of benzene rings is 1. The van der Waals surface area contributed by atoms with Gasteiger partial charge < -0.3 is 4.74 Å². The fourth-order valence-electron chi connectivity index (χ4n) is 1.51. The number of halogens is 1. The molecule has 0 spiro atoms. The number of hydrogen-bond donors (Lipinski definition) is 1. The van der Waals surface area contributed by atoms with Gasteiger partial charge in [0, 0.05) is 12.6 Å². The van der Waals surface area contributed by atoms with Gasteiger partial charge in [-0.15, -0.1) is 0 Å². The van der Waals surface area contributed by atoms with Crippen LogP contribution in [-0.2, 0) is 14.8 Å². The van der Waals surface area contributed by atoms with Crippen molar-refractivity contribution in [3.05, 3.63) is 30.1 Å². The van der Waals surface area contributed by atoms with E-state index in [0.29, 0.717) is 13.2 Å². The first kappa shape index (κ1) is 16.1. The van der Waals surface area contributed by atoms with Crippen molar-refractivity contribution in [2.45, 2.75) is 31.7 Å². The molecular formula is C13H20FNO3S. The highest BCUT2D eigenvalue weighted by molar-refractivity contribution is 7.89. The fraction of sp³-hybridized carbons (Fsp3) is 0.538. The third-order valence-corrected chi connectivity index (χ3v) is 4.21. The van der Waals surface area contributed by atoms with E-state index in [9.17, 15) is 12.8 Å². The van der Waals surface area contributed by atoms with Crippen LogP contribution in [0.5, 0.6) is 0 Å². The topological polar surface area (TPSA) is 55.4 Å². The Morgan fingerprint density at radius 3 is 2.58 bits per heavy atom. The van der Waals surface area contributed by atoms with Crippen LogP contribution in [0.4, 0.5) is 4.39 Å². The highest BCUT2D eigenvalue weighted by Gasteiger charge is 2.22. The minimum atomic E-state index is -3.73. The van der Waals surface area contributed by atoms with Gasteiger partial charge in [0.1, 0.15) is 5.82 Å². The summed E-state index contributed by atoms with van der Waals surface area (Å²) >= 11 is 0. The molecule has 1 aromatic rings. The molecule has 1 rings (SSSR count). The lowest BCUT2D eigenvalue weighted by molar-refractivity contribution is 0.116. The molecule has 0 aromatic heterocycles. The summed E-state index contributed by atoms with van der Waals surface area (Å²) in [6.45, 7) is 6.46. The Balaban J connectivity index is 2.88. The molecule has 0 aliphatic heterocycles. The zero-order chi connectivity index (χ0) is 14.5. The second kappa shape index (κ2) is 6.98. The number of rotatable bonds is 7. The Morgan fingerprint density at radius 2 is 2.05 bits per heavy atom. The molecule has 0 heterocycles. The molecule has 4 nitrogen and oxygen atoms in total. The molecule has 0 aliphatic carbocycles. The van der Waals surface area contributed by atoms with Crippen LogP contribution in [0.2, 0.25) is 0 Å². The van der Waals surface area contributed by atoms with E-state index in [1.807, 2.05) is 20.8 Å². The van der Waals surface area contributed by atoms with Gasteiger partial charge >= 0.3 is 0 Å². The zero-order valence-electron chi connectivity index (χ0n) is 11.4. The highest BCUT2D eigenvalue weighted by Crippen LogP contribution is 2.13. The number of ether oxygens (including phenoxy) is 1. The van der Waals surface area contributed by atoms with E-state index in [1.54, 1.807) is 0 Å². The smallest absolute Gasteiger partial charge is 0.241 e. The summed E-state index contributed by atoms with van der Waals surface area (Å²) in [6, 6.07) is 4.60. The second-order valence-electron chi connectivity index (χ2n) is 4.59. The quantitative estimate of drug-likeness (QED) is 0.837. The van der Waals surface area contributed by atoms with Crippen molar-refractivity contribution >= 4 is 10.0 Å². The van der Waals surface area contributed by atoms with Crippen molar-refractivity contribution in [2.24, 2.45) is 5.92 Å². The Bertz CT molecular complexity index is 502. The van der Waals surface area contributed by atoms with E-state index in [0.717, 1.165) is 6.07 Å². The predicted octanol–water partition coefficient (Wildman–Crippen LogP) is 2.17. The van der Waals surface area contributed by atoms with Gasteiger partial charge in [0.05, 0.1) is 11.5 Å². The van der Waals surface area contributed by atoms with Crippen LogP contribution < -0.4 is 4.72 Å². The van der Waals surface area contributed by atoms with E-state index in [2.05, 4.69) is 4.72 Å². The van der Waals surface area contributed by atoms with Gasteiger partial charge in [0.25, 0.3) is 0 Å². The molecule has 0 radical (unpaired) electrons. The first-order chi connectivity index (χ1) is 8.86. The maximum Gasteiger partial charge on any atom is 0.241 e. The summed E-state index contributed by atoms with van der Waals surface area (Å²) in [5.41, 5.74) is 0. The molecule has 0 aliphatic rings. The minimum absolute atomic E-state index is 0.0744. The van der Waals surface area contributed by atoms with Crippen LogP contribution in [0.25, 0.3) is 0 Å². The van der Waals surface area contributed by atoms with Crippen molar-refractivity contribution in [1.82, 2.24) is 4.72 Å². The van der Waals surface area contributed by atoms with Gasteiger partial charge in [-0.05, 0) is 31.0 Å². The zero-order valence-corrected chi connectivity index (χ0v) is 12.2. The van der Waals surface area contributed by atoms with E-state index < -0.39 is 15.8 Å². The summed E-state index contributed by atoms with van der Waals surface area (Å²) in [7, 11) is -3.73. The predicted molar refractivity (Wildman–Crippen MR) is 71.8 cm³/mol. The lowest BCUT2D eigenvalue weighted by Crippen LogP contribution is -2.41. The molecule has 0 fully saturated rings. The standard InChI is InChI=1S/C13H20FNO3S/c1-4-18-9-13(10(2)3)15-19(16,17)12-7-5-6-11(14)8-12/h5-8,10,13,15H,4,9H2,1-3H3. The third kappa shape index (κ3) is 4.89. The molecule has 108 valence electrons. The lowest BCUT2D eigenvalue weighted by Gasteiger charge is -2.22. The van der Waals surface area contributed by atoms with Crippen LogP contribution in [0.15, 0.2) is 29.2 Å². The van der Waals surface area contributed by atoms with Crippen LogP contribution in [0, 0.1) is 11.7 Å². The summed E-state index contributed by atoms with van der Waals surface area (Å²) in [4.78, 5) is -0.0744. The van der Waals surface area contributed by atoms with E-state index >= 15 is 0 Å². The second-order valence-corrected chi connectivity index (χ2v) is 6.30. The molecule has 0 saturated carbocycles. The van der Waals surface area contributed by atoms with Gasteiger partial charge in [-0.1, -0.05) is 19.9 Å². The van der Waals surface area contributed by atoms with Crippen molar-refractivity contribution in [1.29, 1.82) is 0 Å². The number of hydrogen-bond acceptors (Lipinski definition) is 3. The first-order valence-electron chi connectivity index (χ1n) is 6.22. The maximum absolute atomic E-state index is 13.1.